The normalized spacial score (nSPS) is 15.2. The highest BCUT2D eigenvalue weighted by Crippen LogP contribution is 2.31. The Morgan fingerprint density at radius 2 is 1.97 bits per heavy atom. The molecule has 1 aliphatic carbocycles. The smallest absolute Gasteiger partial charge is 0.299 e. The van der Waals surface area contributed by atoms with E-state index in [2.05, 4.69) is 47.0 Å². The summed E-state index contributed by atoms with van der Waals surface area (Å²) in [6, 6.07) is 7.70. The Labute approximate surface area is 186 Å². The molecule has 1 saturated carbocycles. The number of hydrogen-bond donors (Lipinski definition) is 1. The molecule has 0 aliphatic heterocycles. The van der Waals surface area contributed by atoms with Gasteiger partial charge in [0.2, 0.25) is 5.91 Å². The van der Waals surface area contributed by atoms with Crippen LogP contribution in [0.3, 0.4) is 0 Å². The molecule has 0 saturated heterocycles. The molecule has 2 amide bonds. The molecule has 166 valence electrons. The van der Waals surface area contributed by atoms with E-state index >= 15 is 0 Å². The third-order valence-electron chi connectivity index (χ3n) is 6.34. The van der Waals surface area contributed by atoms with Gasteiger partial charge in [0.15, 0.2) is 0 Å². The van der Waals surface area contributed by atoms with Gasteiger partial charge in [-0.1, -0.05) is 56.7 Å². The molecule has 1 atom stereocenters. The minimum absolute atomic E-state index is 0.0353. The van der Waals surface area contributed by atoms with E-state index in [1.54, 1.807) is 11.8 Å². The lowest BCUT2D eigenvalue weighted by molar-refractivity contribution is -0.140. The fourth-order valence-electron chi connectivity index (χ4n) is 4.76. The van der Waals surface area contributed by atoms with Crippen molar-refractivity contribution in [3.63, 3.8) is 0 Å². The number of benzene rings is 1. The summed E-state index contributed by atoms with van der Waals surface area (Å²) < 4.78 is 2.08. The maximum absolute atomic E-state index is 13.4. The second kappa shape index (κ2) is 11.0. The van der Waals surface area contributed by atoms with Crippen molar-refractivity contribution in [3.05, 3.63) is 36.0 Å². The molecule has 31 heavy (non-hydrogen) atoms. The number of carbonyl (C=O) groups is 2. The highest BCUT2D eigenvalue weighted by atomic mass is 16.2. The number of amides is 2. The third kappa shape index (κ3) is 5.50. The van der Waals surface area contributed by atoms with Gasteiger partial charge < -0.3 is 14.8 Å². The number of nitrogens with one attached hydrogen (secondary N) is 1. The van der Waals surface area contributed by atoms with E-state index in [4.69, 9.17) is 0 Å². The molecule has 1 aromatic heterocycles. The van der Waals surface area contributed by atoms with Crippen LogP contribution in [0.5, 0.6) is 0 Å². The zero-order valence-corrected chi connectivity index (χ0v) is 19.1. The summed E-state index contributed by atoms with van der Waals surface area (Å²) >= 11 is 0. The topological polar surface area (TPSA) is 54.3 Å². The van der Waals surface area contributed by atoms with Gasteiger partial charge in [0.25, 0.3) is 5.91 Å². The average Bonchev–Trinajstić information content (AvgIpc) is 3.10. The van der Waals surface area contributed by atoms with Gasteiger partial charge in [0.05, 0.1) is 0 Å². The summed E-state index contributed by atoms with van der Waals surface area (Å²) in [4.78, 5) is 28.3. The molecular formula is C26H35N3O2. The Kier molecular flexibility index (Phi) is 8.17. The van der Waals surface area contributed by atoms with Crippen molar-refractivity contribution in [2.24, 2.45) is 13.0 Å². The Morgan fingerprint density at radius 1 is 1.23 bits per heavy atom. The largest absolute Gasteiger partial charge is 0.354 e. The van der Waals surface area contributed by atoms with Crippen molar-refractivity contribution >= 4 is 22.7 Å². The van der Waals surface area contributed by atoms with E-state index < -0.39 is 6.04 Å². The van der Waals surface area contributed by atoms with Gasteiger partial charge in [-0.15, -0.1) is 0 Å². The molecule has 5 heteroatoms. The summed E-state index contributed by atoms with van der Waals surface area (Å²) in [6.45, 7) is 4.81. The first-order valence-corrected chi connectivity index (χ1v) is 11.6. The van der Waals surface area contributed by atoms with Gasteiger partial charge in [-0.3, -0.25) is 9.59 Å². The summed E-state index contributed by atoms with van der Waals surface area (Å²) in [5.74, 6) is 5.33. The Balaban J connectivity index is 1.97. The van der Waals surface area contributed by atoms with Gasteiger partial charge in [-0.25, -0.2) is 0 Å². The van der Waals surface area contributed by atoms with Crippen LogP contribution >= 0.6 is 0 Å². The molecule has 3 rings (SSSR count). The van der Waals surface area contributed by atoms with Crippen molar-refractivity contribution in [2.75, 3.05) is 6.54 Å². The molecule has 1 heterocycles. The van der Waals surface area contributed by atoms with Crippen LogP contribution in [0.25, 0.3) is 10.9 Å². The zero-order chi connectivity index (χ0) is 22.2. The number of carbonyl (C=O) groups excluding carboxylic acids is 2. The second-order valence-electron chi connectivity index (χ2n) is 8.58. The van der Waals surface area contributed by atoms with Gasteiger partial charge in [-0.2, -0.15) is 0 Å². The lowest BCUT2D eigenvalue weighted by atomic mass is 9.82. The van der Waals surface area contributed by atoms with Crippen molar-refractivity contribution in [1.82, 2.24) is 14.8 Å². The van der Waals surface area contributed by atoms with E-state index in [0.29, 0.717) is 13.1 Å². The van der Waals surface area contributed by atoms with Crippen LogP contribution in [0.1, 0.15) is 64.4 Å². The molecule has 1 fully saturated rings. The number of aryl methyl sites for hydroxylation is 1. The van der Waals surface area contributed by atoms with E-state index in [-0.39, 0.29) is 17.7 Å². The predicted octanol–water partition coefficient (Wildman–Crippen LogP) is 4.40. The molecule has 2 aromatic rings. The van der Waals surface area contributed by atoms with Crippen LogP contribution in [0.4, 0.5) is 0 Å². The lowest BCUT2D eigenvalue weighted by Gasteiger charge is -2.37. The maximum Gasteiger partial charge on any atom is 0.299 e. The number of aromatic nitrogens is 1. The highest BCUT2D eigenvalue weighted by molar-refractivity contribution is 5.97. The lowest BCUT2D eigenvalue weighted by Crippen LogP contribution is -2.53. The van der Waals surface area contributed by atoms with E-state index in [0.717, 1.165) is 55.0 Å². The van der Waals surface area contributed by atoms with E-state index in [1.165, 1.54) is 6.42 Å². The molecule has 1 aliphatic rings. The first kappa shape index (κ1) is 22.9. The number of unbranched alkanes of at least 4 members (excludes halogenated alkanes) is 1. The predicted molar refractivity (Wildman–Crippen MR) is 125 cm³/mol. The molecule has 1 unspecified atom stereocenters. The minimum Gasteiger partial charge on any atom is -0.354 e. The number of rotatable bonds is 8. The fourth-order valence-corrected chi connectivity index (χ4v) is 4.76. The Hall–Kier alpha value is -2.74. The van der Waals surface area contributed by atoms with Crippen molar-refractivity contribution in [2.45, 2.75) is 71.4 Å². The summed E-state index contributed by atoms with van der Waals surface area (Å²) in [5, 5.41) is 4.21. The van der Waals surface area contributed by atoms with E-state index in [9.17, 15) is 9.59 Å². The first-order chi connectivity index (χ1) is 15.1. The minimum atomic E-state index is -0.482. The number of nitrogens with zero attached hydrogens (tertiary/aromatic N) is 2. The van der Waals surface area contributed by atoms with Crippen molar-refractivity contribution in [1.29, 1.82) is 0 Å². The van der Waals surface area contributed by atoms with Gasteiger partial charge in [-0.05, 0) is 49.7 Å². The van der Waals surface area contributed by atoms with Crippen LogP contribution in [0.15, 0.2) is 30.5 Å². The van der Waals surface area contributed by atoms with Crippen LogP contribution < -0.4 is 5.32 Å². The average molecular weight is 422 g/mol. The molecule has 1 aromatic carbocycles. The zero-order valence-electron chi connectivity index (χ0n) is 19.1. The molecule has 0 bridgehead atoms. The van der Waals surface area contributed by atoms with Crippen LogP contribution in [0, 0.1) is 17.8 Å². The molecular weight excluding hydrogens is 386 g/mol. The molecule has 1 N–H and O–H groups in total. The number of hydrogen-bond acceptors (Lipinski definition) is 2. The summed E-state index contributed by atoms with van der Waals surface area (Å²) in [7, 11) is 2.01. The Morgan fingerprint density at radius 3 is 2.68 bits per heavy atom. The Bertz CT molecular complexity index is 960. The molecule has 0 radical (unpaired) electrons. The SMILES string of the molecule is CC#CC(=O)N(Cc1cn(C)c2ccccc12)C(C(=O)NCCCC)C1CCCCC1. The van der Waals surface area contributed by atoms with Crippen LogP contribution in [0.2, 0.25) is 0 Å². The van der Waals surface area contributed by atoms with Gasteiger partial charge >= 0.3 is 0 Å². The third-order valence-corrected chi connectivity index (χ3v) is 6.34. The standard InChI is InChI=1S/C26H35N3O2/c1-4-6-17-27-26(31)25(20-13-8-7-9-14-20)29(24(30)12-5-2)19-21-18-28(3)23-16-11-10-15-22(21)23/h10-11,15-16,18,20,25H,4,6-9,13-14,17,19H2,1-3H3,(H,27,31). The number of para-hydroxylation sites is 1. The van der Waals surface area contributed by atoms with Gasteiger partial charge in [0.1, 0.15) is 6.04 Å². The van der Waals surface area contributed by atoms with Gasteiger partial charge in [0, 0.05) is 37.2 Å². The maximum atomic E-state index is 13.4. The molecule has 5 nitrogen and oxygen atoms in total. The quantitative estimate of drug-likeness (QED) is 0.507. The van der Waals surface area contributed by atoms with Crippen LogP contribution in [-0.2, 0) is 23.2 Å². The monoisotopic (exact) mass is 421 g/mol. The first-order valence-electron chi connectivity index (χ1n) is 11.6. The number of fused-ring (bicyclic) bond motifs is 1. The second-order valence-corrected chi connectivity index (χ2v) is 8.58. The van der Waals surface area contributed by atoms with Crippen LogP contribution in [-0.4, -0.2) is 33.9 Å². The fraction of sp³-hybridized carbons (Fsp3) is 0.538. The summed E-state index contributed by atoms with van der Waals surface area (Å²) in [5.41, 5.74) is 2.17. The van der Waals surface area contributed by atoms with E-state index in [1.807, 2.05) is 19.2 Å². The summed E-state index contributed by atoms with van der Waals surface area (Å²) in [6.07, 6.45) is 9.40. The molecule has 0 spiro atoms. The van der Waals surface area contributed by atoms with Crippen molar-refractivity contribution < 1.29 is 9.59 Å². The van der Waals surface area contributed by atoms with Crippen molar-refractivity contribution in [3.8, 4) is 11.8 Å². The highest BCUT2D eigenvalue weighted by Gasteiger charge is 2.37.